The molecule has 0 aromatic rings. The first-order valence-corrected chi connectivity index (χ1v) is 5.80. The van der Waals surface area contributed by atoms with E-state index >= 15 is 0 Å². The summed E-state index contributed by atoms with van der Waals surface area (Å²) in [6, 6.07) is 0. The number of halogens is 7. The maximum Gasteiger partial charge on any atom is 0.423 e. The molecule has 1 fully saturated rings. The number of hydrogen-bond acceptors (Lipinski definition) is 1. The van der Waals surface area contributed by atoms with Gasteiger partial charge in [-0.25, -0.2) is 0 Å². The van der Waals surface area contributed by atoms with Crippen molar-refractivity contribution in [3.63, 3.8) is 0 Å². The summed E-state index contributed by atoms with van der Waals surface area (Å²) in [5.41, 5.74) is 0. The molecule has 0 radical (unpaired) electrons. The fourth-order valence-corrected chi connectivity index (χ4v) is 2.52. The third-order valence-electron chi connectivity index (χ3n) is 2.28. The standard InChI is InChI=1S/C8H9F6IO/c9-7(10,11)6(8(12,13)14)16-5-3-1-2-4(5)15/h4-6H,1-3H2. The van der Waals surface area contributed by atoms with E-state index in [1.54, 1.807) is 0 Å². The number of rotatable bonds is 2. The Labute approximate surface area is 102 Å². The van der Waals surface area contributed by atoms with Crippen LogP contribution in [0.25, 0.3) is 0 Å². The minimum absolute atomic E-state index is 0.246. The highest BCUT2D eigenvalue weighted by Crippen LogP contribution is 2.39. The molecule has 1 rings (SSSR count). The van der Waals surface area contributed by atoms with Gasteiger partial charge in [-0.3, -0.25) is 0 Å². The van der Waals surface area contributed by atoms with E-state index in [1.165, 1.54) is 0 Å². The van der Waals surface area contributed by atoms with Crippen molar-refractivity contribution in [2.45, 2.75) is 47.7 Å². The van der Waals surface area contributed by atoms with Gasteiger partial charge in [-0.2, -0.15) is 26.3 Å². The fourth-order valence-electron chi connectivity index (χ4n) is 1.55. The zero-order valence-corrected chi connectivity index (χ0v) is 10.1. The van der Waals surface area contributed by atoms with Crippen LogP contribution in [0.5, 0.6) is 0 Å². The first-order valence-electron chi connectivity index (χ1n) is 4.55. The van der Waals surface area contributed by atoms with Gasteiger partial charge >= 0.3 is 12.4 Å². The molecule has 8 heteroatoms. The largest absolute Gasteiger partial charge is 0.423 e. The Kier molecular flexibility index (Phi) is 4.36. The van der Waals surface area contributed by atoms with E-state index < -0.39 is 24.6 Å². The Balaban J connectivity index is 2.72. The molecule has 0 spiro atoms. The van der Waals surface area contributed by atoms with E-state index in [0.29, 0.717) is 12.8 Å². The Morgan fingerprint density at radius 1 is 1.00 bits per heavy atom. The van der Waals surface area contributed by atoms with Gasteiger partial charge in [0.25, 0.3) is 0 Å². The highest BCUT2D eigenvalue weighted by molar-refractivity contribution is 14.1. The molecular formula is C8H9F6IO. The van der Waals surface area contributed by atoms with E-state index in [4.69, 9.17) is 0 Å². The van der Waals surface area contributed by atoms with E-state index in [1.807, 2.05) is 22.6 Å². The van der Waals surface area contributed by atoms with Crippen LogP contribution in [0.3, 0.4) is 0 Å². The lowest BCUT2D eigenvalue weighted by Gasteiger charge is -2.27. The molecule has 0 saturated heterocycles. The molecular weight excluding hydrogens is 353 g/mol. The lowest BCUT2D eigenvalue weighted by atomic mass is 10.2. The summed E-state index contributed by atoms with van der Waals surface area (Å²) < 4.78 is 76.8. The molecule has 1 aliphatic rings. The predicted molar refractivity (Wildman–Crippen MR) is 52.4 cm³/mol. The van der Waals surface area contributed by atoms with Crippen LogP contribution in [0.1, 0.15) is 19.3 Å². The highest BCUT2D eigenvalue weighted by atomic mass is 127. The summed E-state index contributed by atoms with van der Waals surface area (Å²) in [6.07, 6.45) is -14.0. The maximum absolute atomic E-state index is 12.1. The average molecular weight is 362 g/mol. The molecule has 0 aliphatic heterocycles. The van der Waals surface area contributed by atoms with Crippen LogP contribution in [0.2, 0.25) is 0 Å². The summed E-state index contributed by atoms with van der Waals surface area (Å²) in [7, 11) is 0. The number of alkyl halides is 7. The van der Waals surface area contributed by atoms with Gasteiger partial charge in [0, 0.05) is 3.92 Å². The summed E-state index contributed by atoms with van der Waals surface area (Å²) in [4.78, 5) is 0. The van der Waals surface area contributed by atoms with Gasteiger partial charge in [-0.15, -0.1) is 0 Å². The molecule has 0 bridgehead atoms. The van der Waals surface area contributed by atoms with E-state index in [-0.39, 0.29) is 10.3 Å². The van der Waals surface area contributed by atoms with E-state index in [2.05, 4.69) is 4.74 Å². The Bertz CT molecular complexity index is 224. The minimum atomic E-state index is -5.41. The molecule has 16 heavy (non-hydrogen) atoms. The van der Waals surface area contributed by atoms with Gasteiger partial charge in [-0.05, 0) is 19.3 Å². The van der Waals surface area contributed by atoms with Crippen molar-refractivity contribution in [3.05, 3.63) is 0 Å². The van der Waals surface area contributed by atoms with Crippen molar-refractivity contribution < 1.29 is 31.1 Å². The normalized spacial score (nSPS) is 27.8. The second-order valence-corrected chi connectivity index (χ2v) is 5.18. The topological polar surface area (TPSA) is 9.23 Å². The van der Waals surface area contributed by atoms with Gasteiger partial charge < -0.3 is 4.74 Å². The van der Waals surface area contributed by atoms with Crippen molar-refractivity contribution in [2.75, 3.05) is 0 Å². The SMILES string of the molecule is FC(F)(F)C(OC1CCCC1I)C(F)(F)F. The van der Waals surface area contributed by atoms with Crippen LogP contribution in [-0.2, 0) is 4.74 Å². The fraction of sp³-hybridized carbons (Fsp3) is 1.00. The number of ether oxygens (including phenoxy) is 1. The first-order chi connectivity index (χ1) is 7.12. The third kappa shape index (κ3) is 3.64. The van der Waals surface area contributed by atoms with Crippen molar-refractivity contribution in [2.24, 2.45) is 0 Å². The zero-order valence-electron chi connectivity index (χ0n) is 7.91. The molecule has 0 aromatic carbocycles. The van der Waals surface area contributed by atoms with Gasteiger partial charge in [0.1, 0.15) is 0 Å². The predicted octanol–water partition coefficient (Wildman–Crippen LogP) is 3.85. The van der Waals surface area contributed by atoms with Crippen LogP contribution in [0.4, 0.5) is 26.3 Å². The lowest BCUT2D eigenvalue weighted by molar-refractivity contribution is -0.329. The Morgan fingerprint density at radius 2 is 1.50 bits per heavy atom. The van der Waals surface area contributed by atoms with Crippen LogP contribution < -0.4 is 0 Å². The molecule has 0 aromatic heterocycles. The molecule has 2 unspecified atom stereocenters. The Morgan fingerprint density at radius 3 is 1.81 bits per heavy atom. The van der Waals surface area contributed by atoms with Crippen LogP contribution in [0, 0.1) is 0 Å². The molecule has 0 amide bonds. The monoisotopic (exact) mass is 362 g/mol. The molecule has 96 valence electrons. The first kappa shape index (κ1) is 14.3. The summed E-state index contributed by atoms with van der Waals surface area (Å²) >= 11 is 1.82. The molecule has 0 heterocycles. The van der Waals surface area contributed by atoms with Crippen LogP contribution in [0.15, 0.2) is 0 Å². The van der Waals surface area contributed by atoms with Gasteiger partial charge in [0.15, 0.2) is 0 Å². The Hall–Kier alpha value is 0.270. The van der Waals surface area contributed by atoms with Crippen LogP contribution in [-0.4, -0.2) is 28.5 Å². The van der Waals surface area contributed by atoms with Gasteiger partial charge in [-0.1, -0.05) is 22.6 Å². The van der Waals surface area contributed by atoms with Crippen molar-refractivity contribution in [3.8, 4) is 0 Å². The molecule has 1 saturated carbocycles. The van der Waals surface area contributed by atoms with Crippen molar-refractivity contribution in [1.82, 2.24) is 0 Å². The second-order valence-electron chi connectivity index (χ2n) is 3.58. The van der Waals surface area contributed by atoms with Crippen molar-refractivity contribution >= 4 is 22.6 Å². The zero-order chi connectivity index (χ0) is 12.6. The molecule has 1 aliphatic carbocycles. The molecule has 0 N–H and O–H groups in total. The van der Waals surface area contributed by atoms with Gasteiger partial charge in [0.2, 0.25) is 6.10 Å². The summed E-state index contributed by atoms with van der Waals surface area (Å²) in [6.45, 7) is 0. The second kappa shape index (κ2) is 4.87. The minimum Gasteiger partial charge on any atom is -0.356 e. The number of hydrogen-bond donors (Lipinski definition) is 0. The summed E-state index contributed by atoms with van der Waals surface area (Å²) in [5, 5.41) is 0. The van der Waals surface area contributed by atoms with Gasteiger partial charge in [0.05, 0.1) is 6.10 Å². The molecule has 1 nitrogen and oxygen atoms in total. The quantitative estimate of drug-likeness (QED) is 0.412. The van der Waals surface area contributed by atoms with Crippen molar-refractivity contribution in [1.29, 1.82) is 0 Å². The third-order valence-corrected chi connectivity index (χ3v) is 3.70. The smallest absolute Gasteiger partial charge is 0.356 e. The average Bonchev–Trinajstić information content (AvgIpc) is 2.42. The summed E-state index contributed by atoms with van der Waals surface area (Å²) in [5.74, 6) is 0. The van der Waals surface area contributed by atoms with E-state index in [0.717, 1.165) is 0 Å². The lowest BCUT2D eigenvalue weighted by Crippen LogP contribution is -2.47. The maximum atomic E-state index is 12.1. The van der Waals surface area contributed by atoms with E-state index in [9.17, 15) is 26.3 Å². The van der Waals surface area contributed by atoms with Crippen LogP contribution >= 0.6 is 22.6 Å². The highest BCUT2D eigenvalue weighted by Gasteiger charge is 2.59. The molecule has 2 atom stereocenters.